The molecule has 1 aromatic carbocycles. The predicted molar refractivity (Wildman–Crippen MR) is 123 cm³/mol. The number of fused-ring (bicyclic) bond motifs is 2. The van der Waals surface area contributed by atoms with Gasteiger partial charge in [0.1, 0.15) is 23.5 Å². The van der Waals surface area contributed by atoms with E-state index in [1.165, 1.54) is 6.07 Å². The van der Waals surface area contributed by atoms with Gasteiger partial charge in [-0.25, -0.2) is 4.39 Å². The van der Waals surface area contributed by atoms with Crippen molar-refractivity contribution in [3.63, 3.8) is 0 Å². The third-order valence-corrected chi connectivity index (χ3v) is 7.22. The van der Waals surface area contributed by atoms with Crippen LogP contribution in [0.25, 0.3) is 10.9 Å². The quantitative estimate of drug-likeness (QED) is 0.699. The zero-order valence-electron chi connectivity index (χ0n) is 19.0. The zero-order chi connectivity index (χ0) is 23.2. The molecule has 3 atom stereocenters. The van der Waals surface area contributed by atoms with Crippen molar-refractivity contribution < 1.29 is 23.7 Å². The summed E-state index contributed by atoms with van der Waals surface area (Å²) < 4.78 is 32.2. The number of halogens is 2. The molecule has 180 valence electrons. The third-order valence-electron chi connectivity index (χ3n) is 7.00. The fourth-order valence-corrected chi connectivity index (χ4v) is 5.64. The SMILES string of the molecule is CO[C@H]1CN2CCC[C@@]2(COc2nc(N3CCOCC(C)(O)C3)c3cc(Cl)cc(F)c3n2)C1. The molecule has 3 saturated heterocycles. The molecule has 3 fully saturated rings. The first kappa shape index (κ1) is 23.0. The molecule has 0 aliphatic carbocycles. The molecule has 33 heavy (non-hydrogen) atoms. The molecule has 3 aliphatic rings. The van der Waals surface area contributed by atoms with Gasteiger partial charge in [-0.1, -0.05) is 11.6 Å². The maximum absolute atomic E-state index is 14.9. The average molecular weight is 481 g/mol. The van der Waals surface area contributed by atoms with E-state index in [4.69, 9.17) is 25.8 Å². The fourth-order valence-electron chi connectivity index (χ4n) is 5.43. The highest BCUT2D eigenvalue weighted by Crippen LogP contribution is 2.40. The highest BCUT2D eigenvalue weighted by molar-refractivity contribution is 6.31. The predicted octanol–water partition coefficient (Wildman–Crippen LogP) is 2.64. The lowest BCUT2D eigenvalue weighted by Gasteiger charge is -2.31. The topological polar surface area (TPSA) is 80.2 Å². The number of aliphatic hydroxyl groups is 1. The maximum Gasteiger partial charge on any atom is 0.319 e. The molecule has 10 heteroatoms. The molecule has 3 aliphatic heterocycles. The van der Waals surface area contributed by atoms with Crippen molar-refractivity contribution in [1.29, 1.82) is 0 Å². The Morgan fingerprint density at radius 3 is 3.00 bits per heavy atom. The summed E-state index contributed by atoms with van der Waals surface area (Å²) in [6, 6.07) is 3.01. The van der Waals surface area contributed by atoms with Crippen molar-refractivity contribution in [1.82, 2.24) is 14.9 Å². The van der Waals surface area contributed by atoms with Crippen LogP contribution < -0.4 is 9.64 Å². The van der Waals surface area contributed by atoms with Gasteiger partial charge in [0.15, 0.2) is 5.82 Å². The summed E-state index contributed by atoms with van der Waals surface area (Å²) in [5.41, 5.74) is -1.04. The molecule has 0 spiro atoms. The molecule has 4 heterocycles. The molecule has 2 aromatic rings. The molecule has 0 saturated carbocycles. The summed E-state index contributed by atoms with van der Waals surface area (Å²) in [4.78, 5) is 13.4. The third kappa shape index (κ3) is 4.49. The molecule has 5 rings (SSSR count). The molecule has 8 nitrogen and oxygen atoms in total. The van der Waals surface area contributed by atoms with Gasteiger partial charge in [-0.05, 0) is 44.9 Å². The number of β-amino-alcohol motifs (C(OH)–C–C–N with tert-alkyl or cyclic N) is 1. The van der Waals surface area contributed by atoms with Gasteiger partial charge in [0.2, 0.25) is 0 Å². The number of hydrogen-bond donors (Lipinski definition) is 1. The Balaban J connectivity index is 1.49. The first-order valence-electron chi connectivity index (χ1n) is 11.4. The highest BCUT2D eigenvalue weighted by atomic mass is 35.5. The van der Waals surface area contributed by atoms with E-state index in [0.29, 0.717) is 31.0 Å². The number of hydrogen-bond acceptors (Lipinski definition) is 8. The maximum atomic E-state index is 14.9. The van der Waals surface area contributed by atoms with Gasteiger partial charge < -0.3 is 24.2 Å². The second-order valence-corrected chi connectivity index (χ2v) is 10.1. The second kappa shape index (κ2) is 8.78. The Kier molecular flexibility index (Phi) is 6.11. The lowest BCUT2D eigenvalue weighted by molar-refractivity contribution is -0.0123. The van der Waals surface area contributed by atoms with E-state index in [9.17, 15) is 9.50 Å². The smallest absolute Gasteiger partial charge is 0.319 e. The summed E-state index contributed by atoms with van der Waals surface area (Å²) in [6.07, 6.45) is 3.20. The van der Waals surface area contributed by atoms with Crippen molar-refractivity contribution in [2.75, 3.05) is 58.0 Å². The summed E-state index contributed by atoms with van der Waals surface area (Å²) in [5, 5.41) is 11.4. The number of rotatable bonds is 5. The van der Waals surface area contributed by atoms with Crippen LogP contribution in [0.5, 0.6) is 6.01 Å². The normalized spacial score (nSPS) is 30.6. The van der Waals surface area contributed by atoms with Crippen LogP contribution in [0, 0.1) is 5.82 Å². The van der Waals surface area contributed by atoms with E-state index < -0.39 is 11.4 Å². The monoisotopic (exact) mass is 480 g/mol. The van der Waals surface area contributed by atoms with Crippen LogP contribution >= 0.6 is 11.6 Å². The van der Waals surface area contributed by atoms with Crippen molar-refractivity contribution in [2.45, 2.75) is 43.4 Å². The molecule has 1 N–H and O–H groups in total. The van der Waals surface area contributed by atoms with Gasteiger partial charge in [-0.3, -0.25) is 4.90 Å². The summed E-state index contributed by atoms with van der Waals surface area (Å²) >= 11 is 6.16. The molecule has 1 unspecified atom stereocenters. The molecular formula is C23H30ClFN4O4. The summed E-state index contributed by atoms with van der Waals surface area (Å²) in [6.45, 7) is 5.42. The van der Waals surface area contributed by atoms with Crippen molar-refractivity contribution >= 4 is 28.3 Å². The minimum Gasteiger partial charge on any atom is -0.461 e. The fraction of sp³-hybridized carbons (Fsp3) is 0.652. The van der Waals surface area contributed by atoms with Gasteiger partial charge in [-0.15, -0.1) is 0 Å². The first-order valence-corrected chi connectivity index (χ1v) is 11.8. The second-order valence-electron chi connectivity index (χ2n) is 9.71. The minimum absolute atomic E-state index is 0.113. The van der Waals surface area contributed by atoms with E-state index in [2.05, 4.69) is 14.9 Å². The Bertz CT molecular complexity index is 1040. The Hall–Kier alpha value is -1.78. The van der Waals surface area contributed by atoms with Crippen LogP contribution in [-0.4, -0.2) is 90.3 Å². The standard InChI is InChI=1S/C23H30ClFN4O4/c1-22(30)12-28(6-7-32-13-22)20-17-8-15(24)9-18(25)19(17)26-21(27-20)33-14-23-4-3-5-29(23)11-16(10-23)31-2/h8-9,16,30H,3-7,10-14H2,1-2H3/t16-,22?,23+/m1/s1. The van der Waals surface area contributed by atoms with Gasteiger partial charge in [0.05, 0.1) is 31.4 Å². The van der Waals surface area contributed by atoms with Gasteiger partial charge >= 0.3 is 6.01 Å². The average Bonchev–Trinajstić information content (AvgIpc) is 3.25. The van der Waals surface area contributed by atoms with Gasteiger partial charge in [-0.2, -0.15) is 9.97 Å². The summed E-state index contributed by atoms with van der Waals surface area (Å²) in [7, 11) is 1.74. The Morgan fingerprint density at radius 1 is 1.33 bits per heavy atom. The lowest BCUT2D eigenvalue weighted by Crippen LogP contribution is -2.44. The number of benzene rings is 1. The lowest BCUT2D eigenvalue weighted by atomic mass is 9.94. The number of aromatic nitrogens is 2. The highest BCUT2D eigenvalue weighted by Gasteiger charge is 2.49. The van der Waals surface area contributed by atoms with Crippen LogP contribution in [0.15, 0.2) is 12.1 Å². The zero-order valence-corrected chi connectivity index (χ0v) is 19.8. The van der Waals surface area contributed by atoms with Crippen molar-refractivity contribution in [3.8, 4) is 6.01 Å². The van der Waals surface area contributed by atoms with Crippen LogP contribution in [0.3, 0.4) is 0 Å². The largest absolute Gasteiger partial charge is 0.461 e. The van der Waals surface area contributed by atoms with Crippen molar-refractivity contribution in [3.05, 3.63) is 23.0 Å². The van der Waals surface area contributed by atoms with Crippen LogP contribution in [-0.2, 0) is 9.47 Å². The Morgan fingerprint density at radius 2 is 2.18 bits per heavy atom. The first-order chi connectivity index (χ1) is 15.8. The number of nitrogens with zero attached hydrogens (tertiary/aromatic N) is 4. The number of anilines is 1. The molecule has 0 amide bonds. The van der Waals surface area contributed by atoms with Crippen LogP contribution in [0.1, 0.15) is 26.2 Å². The van der Waals surface area contributed by atoms with Gasteiger partial charge in [0, 0.05) is 30.6 Å². The van der Waals surface area contributed by atoms with E-state index in [0.717, 1.165) is 32.4 Å². The van der Waals surface area contributed by atoms with E-state index in [1.54, 1.807) is 20.1 Å². The van der Waals surface area contributed by atoms with E-state index in [1.807, 2.05) is 4.90 Å². The van der Waals surface area contributed by atoms with Crippen molar-refractivity contribution in [2.24, 2.45) is 0 Å². The molecule has 0 radical (unpaired) electrons. The molecular weight excluding hydrogens is 451 g/mol. The Labute approximate surface area is 197 Å². The number of ether oxygens (including phenoxy) is 3. The van der Waals surface area contributed by atoms with Crippen LogP contribution in [0.2, 0.25) is 5.02 Å². The summed E-state index contributed by atoms with van der Waals surface area (Å²) in [5.74, 6) is -0.0612. The number of methoxy groups -OCH3 is 1. The molecule has 1 aromatic heterocycles. The van der Waals surface area contributed by atoms with Crippen LogP contribution in [0.4, 0.5) is 10.2 Å². The molecule has 0 bridgehead atoms. The van der Waals surface area contributed by atoms with Gasteiger partial charge in [0.25, 0.3) is 0 Å². The van der Waals surface area contributed by atoms with E-state index in [-0.39, 0.29) is 41.3 Å². The van der Waals surface area contributed by atoms with E-state index >= 15 is 0 Å². The minimum atomic E-state index is -1.08.